The standard InChI is InChI=1S/C15H16BrN3O5S/c1-24-14-7-2-11(16)10-15(14)25(22,23)18-9-8-17-12-3-5-13(6-4-12)19(20)21/h2-7,10,17-18H,8-9H2,1H3. The number of anilines is 1. The molecule has 2 rings (SSSR count). The van der Waals surface area contributed by atoms with E-state index in [0.29, 0.717) is 16.7 Å². The van der Waals surface area contributed by atoms with Crippen LogP contribution in [0.1, 0.15) is 0 Å². The van der Waals surface area contributed by atoms with E-state index in [-0.39, 0.29) is 22.9 Å². The van der Waals surface area contributed by atoms with E-state index in [9.17, 15) is 18.5 Å². The van der Waals surface area contributed by atoms with Crippen LogP contribution in [-0.2, 0) is 10.0 Å². The zero-order valence-corrected chi connectivity index (χ0v) is 15.6. The van der Waals surface area contributed by atoms with E-state index >= 15 is 0 Å². The van der Waals surface area contributed by atoms with Crippen LogP contribution in [0.4, 0.5) is 11.4 Å². The summed E-state index contributed by atoms with van der Waals surface area (Å²) in [5.74, 6) is 0.249. The molecular formula is C15H16BrN3O5S. The number of nitro benzene ring substituents is 1. The molecule has 0 atom stereocenters. The van der Waals surface area contributed by atoms with Gasteiger partial charge in [-0.15, -0.1) is 0 Å². The summed E-state index contributed by atoms with van der Waals surface area (Å²) in [6.45, 7) is 0.447. The Balaban J connectivity index is 1.94. The number of ether oxygens (including phenoxy) is 1. The summed E-state index contributed by atoms with van der Waals surface area (Å²) in [5, 5.41) is 13.6. The summed E-state index contributed by atoms with van der Waals surface area (Å²) in [5.41, 5.74) is 0.651. The van der Waals surface area contributed by atoms with Crippen LogP contribution in [0.2, 0.25) is 0 Å². The molecule has 0 amide bonds. The van der Waals surface area contributed by atoms with E-state index in [1.807, 2.05) is 0 Å². The number of hydrogen-bond donors (Lipinski definition) is 2. The topological polar surface area (TPSA) is 111 Å². The molecule has 134 valence electrons. The average Bonchev–Trinajstić information content (AvgIpc) is 2.59. The molecule has 0 saturated carbocycles. The second-order valence-corrected chi connectivity index (χ2v) is 7.57. The summed E-state index contributed by atoms with van der Waals surface area (Å²) in [6.07, 6.45) is 0. The van der Waals surface area contributed by atoms with E-state index < -0.39 is 14.9 Å². The first kappa shape index (κ1) is 19.2. The van der Waals surface area contributed by atoms with Gasteiger partial charge in [-0.1, -0.05) is 15.9 Å². The molecule has 8 nitrogen and oxygen atoms in total. The molecular weight excluding hydrogens is 414 g/mol. The van der Waals surface area contributed by atoms with Crippen LogP contribution in [0.3, 0.4) is 0 Å². The number of methoxy groups -OCH3 is 1. The largest absolute Gasteiger partial charge is 0.495 e. The van der Waals surface area contributed by atoms with Gasteiger partial charge < -0.3 is 10.1 Å². The Hall–Kier alpha value is -2.17. The molecule has 0 aliphatic heterocycles. The zero-order chi connectivity index (χ0) is 18.4. The van der Waals surface area contributed by atoms with Gasteiger partial charge in [-0.05, 0) is 30.3 Å². The number of nitrogens with one attached hydrogen (secondary N) is 2. The number of non-ortho nitro benzene ring substituents is 1. The molecule has 10 heteroatoms. The minimum absolute atomic E-state index is 0.00648. The molecule has 0 aromatic heterocycles. The third-order valence-corrected chi connectivity index (χ3v) is 5.21. The predicted octanol–water partition coefficient (Wildman–Crippen LogP) is 2.76. The predicted molar refractivity (Wildman–Crippen MR) is 97.5 cm³/mol. The molecule has 0 bridgehead atoms. The van der Waals surface area contributed by atoms with E-state index in [1.54, 1.807) is 24.3 Å². The van der Waals surface area contributed by atoms with E-state index in [1.165, 1.54) is 25.3 Å². The van der Waals surface area contributed by atoms with Gasteiger partial charge >= 0.3 is 0 Å². The van der Waals surface area contributed by atoms with Crippen molar-refractivity contribution < 1.29 is 18.1 Å². The van der Waals surface area contributed by atoms with Crippen molar-refractivity contribution in [1.29, 1.82) is 0 Å². The summed E-state index contributed by atoms with van der Waals surface area (Å²) in [6, 6.07) is 10.6. The molecule has 0 saturated heterocycles. The number of benzene rings is 2. The fourth-order valence-corrected chi connectivity index (χ4v) is 3.77. The Kier molecular flexibility index (Phi) is 6.34. The molecule has 0 heterocycles. The normalized spacial score (nSPS) is 11.1. The summed E-state index contributed by atoms with van der Waals surface area (Å²) in [7, 11) is -2.33. The molecule has 2 N–H and O–H groups in total. The summed E-state index contributed by atoms with van der Waals surface area (Å²) < 4.78 is 32.9. The monoisotopic (exact) mass is 429 g/mol. The highest BCUT2D eigenvalue weighted by atomic mass is 79.9. The average molecular weight is 430 g/mol. The van der Waals surface area contributed by atoms with Gasteiger partial charge in [0.05, 0.1) is 12.0 Å². The van der Waals surface area contributed by atoms with Gasteiger partial charge in [0, 0.05) is 35.4 Å². The number of nitrogens with zero attached hydrogens (tertiary/aromatic N) is 1. The highest BCUT2D eigenvalue weighted by Gasteiger charge is 2.19. The van der Waals surface area contributed by atoms with Crippen molar-refractivity contribution in [1.82, 2.24) is 4.72 Å². The van der Waals surface area contributed by atoms with Crippen molar-refractivity contribution in [3.8, 4) is 5.75 Å². The van der Waals surface area contributed by atoms with Crippen LogP contribution < -0.4 is 14.8 Å². The van der Waals surface area contributed by atoms with Gasteiger partial charge in [0.15, 0.2) is 0 Å². The molecule has 0 fully saturated rings. The second kappa shape index (κ2) is 8.28. The number of sulfonamides is 1. The molecule has 0 spiro atoms. The van der Waals surface area contributed by atoms with Crippen molar-refractivity contribution in [3.63, 3.8) is 0 Å². The zero-order valence-electron chi connectivity index (χ0n) is 13.2. The van der Waals surface area contributed by atoms with Gasteiger partial charge in [0.1, 0.15) is 10.6 Å². The van der Waals surface area contributed by atoms with Gasteiger partial charge in [0.25, 0.3) is 5.69 Å². The van der Waals surface area contributed by atoms with Crippen LogP contribution in [0.15, 0.2) is 51.8 Å². The lowest BCUT2D eigenvalue weighted by atomic mass is 10.3. The minimum Gasteiger partial charge on any atom is -0.495 e. The number of halogens is 1. The van der Waals surface area contributed by atoms with Crippen LogP contribution in [0.25, 0.3) is 0 Å². The quantitative estimate of drug-likeness (QED) is 0.379. The van der Waals surface area contributed by atoms with Crippen LogP contribution in [-0.4, -0.2) is 33.5 Å². The van der Waals surface area contributed by atoms with Crippen LogP contribution >= 0.6 is 15.9 Å². The Morgan fingerprint density at radius 2 is 1.84 bits per heavy atom. The fourth-order valence-electron chi connectivity index (χ4n) is 2.03. The summed E-state index contributed by atoms with van der Waals surface area (Å²) in [4.78, 5) is 10.1. The van der Waals surface area contributed by atoms with Crippen molar-refractivity contribution in [2.45, 2.75) is 4.90 Å². The highest BCUT2D eigenvalue weighted by molar-refractivity contribution is 9.10. The Bertz CT molecular complexity index is 856. The molecule has 0 aliphatic carbocycles. The van der Waals surface area contributed by atoms with Crippen molar-refractivity contribution in [3.05, 3.63) is 57.1 Å². The van der Waals surface area contributed by atoms with Gasteiger partial charge in [-0.2, -0.15) is 0 Å². The van der Waals surface area contributed by atoms with Crippen molar-refractivity contribution in [2.75, 3.05) is 25.5 Å². The van der Waals surface area contributed by atoms with Gasteiger partial charge in [0.2, 0.25) is 10.0 Å². The van der Waals surface area contributed by atoms with E-state index in [2.05, 4.69) is 26.0 Å². The minimum atomic E-state index is -3.73. The van der Waals surface area contributed by atoms with Crippen molar-refractivity contribution in [2.24, 2.45) is 0 Å². The van der Waals surface area contributed by atoms with Gasteiger partial charge in [-0.3, -0.25) is 10.1 Å². The maximum atomic E-state index is 12.4. The first-order valence-electron chi connectivity index (χ1n) is 7.15. The number of rotatable bonds is 8. The lowest BCUT2D eigenvalue weighted by molar-refractivity contribution is -0.384. The van der Waals surface area contributed by atoms with Crippen molar-refractivity contribution >= 4 is 37.3 Å². The third-order valence-electron chi connectivity index (χ3n) is 3.24. The molecule has 0 unspecified atom stereocenters. The first-order valence-corrected chi connectivity index (χ1v) is 9.42. The number of nitro groups is 1. The third kappa shape index (κ3) is 5.15. The smallest absolute Gasteiger partial charge is 0.269 e. The first-order chi connectivity index (χ1) is 11.8. The summed E-state index contributed by atoms with van der Waals surface area (Å²) >= 11 is 3.24. The highest BCUT2D eigenvalue weighted by Crippen LogP contribution is 2.26. The maximum absolute atomic E-state index is 12.4. The van der Waals surface area contributed by atoms with E-state index in [0.717, 1.165) is 0 Å². The maximum Gasteiger partial charge on any atom is 0.269 e. The Morgan fingerprint density at radius 1 is 1.16 bits per heavy atom. The second-order valence-electron chi connectivity index (χ2n) is 4.92. The van der Waals surface area contributed by atoms with Crippen LogP contribution in [0, 0.1) is 10.1 Å². The lowest BCUT2D eigenvalue weighted by Crippen LogP contribution is -2.29. The SMILES string of the molecule is COc1ccc(Br)cc1S(=O)(=O)NCCNc1ccc([N+](=O)[O-])cc1. The fraction of sp³-hybridized carbons (Fsp3) is 0.200. The lowest BCUT2D eigenvalue weighted by Gasteiger charge is -2.12. The molecule has 0 aliphatic rings. The number of hydrogen-bond acceptors (Lipinski definition) is 6. The Morgan fingerprint density at radius 3 is 2.44 bits per heavy atom. The molecule has 2 aromatic rings. The molecule has 2 aromatic carbocycles. The van der Waals surface area contributed by atoms with E-state index in [4.69, 9.17) is 4.74 Å². The molecule has 25 heavy (non-hydrogen) atoms. The molecule has 0 radical (unpaired) electrons. The van der Waals surface area contributed by atoms with Gasteiger partial charge in [-0.25, -0.2) is 13.1 Å². The Labute approximate surface area is 153 Å². The van der Waals surface area contributed by atoms with Crippen LogP contribution in [0.5, 0.6) is 5.75 Å².